The van der Waals surface area contributed by atoms with Crippen LogP contribution in [0, 0.1) is 5.82 Å². The molecule has 3 aromatic rings. The summed E-state index contributed by atoms with van der Waals surface area (Å²) >= 11 is 0. The van der Waals surface area contributed by atoms with Crippen LogP contribution in [0.2, 0.25) is 0 Å². The summed E-state index contributed by atoms with van der Waals surface area (Å²) < 4.78 is 24.3. The van der Waals surface area contributed by atoms with Crippen molar-refractivity contribution < 1.29 is 18.3 Å². The summed E-state index contributed by atoms with van der Waals surface area (Å²) in [5.74, 6) is -0.185. The number of hydrogen-bond acceptors (Lipinski definition) is 4. The highest BCUT2D eigenvalue weighted by molar-refractivity contribution is 5.80. The first-order valence-corrected chi connectivity index (χ1v) is 7.82. The Balaban J connectivity index is 1.64. The van der Waals surface area contributed by atoms with Crippen molar-refractivity contribution in [2.45, 2.75) is 19.6 Å². The summed E-state index contributed by atoms with van der Waals surface area (Å²) in [7, 11) is 0. The molecular formula is C19H17FN2O3. The molecule has 0 saturated heterocycles. The molecule has 0 aliphatic heterocycles. The van der Waals surface area contributed by atoms with E-state index in [0.717, 1.165) is 5.56 Å². The van der Waals surface area contributed by atoms with Gasteiger partial charge in [0.1, 0.15) is 5.69 Å². The fourth-order valence-electron chi connectivity index (χ4n) is 2.33. The number of benzene rings is 1. The maximum absolute atomic E-state index is 13.6. The van der Waals surface area contributed by atoms with Gasteiger partial charge < -0.3 is 14.5 Å². The summed E-state index contributed by atoms with van der Waals surface area (Å²) in [6.07, 6.45) is 2.39. The molecule has 0 aliphatic carbocycles. The number of nitrogens with one attached hydrogen (secondary N) is 1. The number of ether oxygens (including phenoxy) is 1. The van der Waals surface area contributed by atoms with E-state index >= 15 is 0 Å². The number of aromatic nitrogens is 1. The van der Waals surface area contributed by atoms with Crippen LogP contribution in [0.1, 0.15) is 12.5 Å². The molecule has 128 valence electrons. The molecular weight excluding hydrogens is 323 g/mol. The lowest BCUT2D eigenvalue weighted by Gasteiger charge is -2.15. The van der Waals surface area contributed by atoms with Gasteiger partial charge >= 0.3 is 0 Å². The lowest BCUT2D eigenvalue weighted by Crippen LogP contribution is -2.36. The quantitative estimate of drug-likeness (QED) is 0.745. The van der Waals surface area contributed by atoms with Crippen LogP contribution in [-0.4, -0.2) is 17.0 Å². The molecule has 0 fully saturated rings. The Morgan fingerprint density at radius 3 is 2.84 bits per heavy atom. The van der Waals surface area contributed by atoms with E-state index in [1.165, 1.54) is 12.1 Å². The van der Waals surface area contributed by atoms with Crippen molar-refractivity contribution >= 4 is 5.91 Å². The van der Waals surface area contributed by atoms with Gasteiger partial charge in [-0.25, -0.2) is 4.39 Å². The van der Waals surface area contributed by atoms with Crippen molar-refractivity contribution in [1.29, 1.82) is 0 Å². The Morgan fingerprint density at radius 1 is 1.24 bits per heavy atom. The van der Waals surface area contributed by atoms with Crippen LogP contribution in [0.15, 0.2) is 65.4 Å². The van der Waals surface area contributed by atoms with Gasteiger partial charge in [0.05, 0.1) is 6.26 Å². The third-order valence-corrected chi connectivity index (χ3v) is 3.61. The predicted molar refractivity (Wildman–Crippen MR) is 90.3 cm³/mol. The number of carbonyl (C=O) groups excluding carboxylic acids is 1. The molecule has 25 heavy (non-hydrogen) atoms. The highest BCUT2D eigenvalue weighted by Crippen LogP contribution is 2.21. The number of rotatable bonds is 6. The van der Waals surface area contributed by atoms with Crippen molar-refractivity contribution in [3.05, 3.63) is 72.4 Å². The van der Waals surface area contributed by atoms with Gasteiger partial charge in [-0.3, -0.25) is 9.78 Å². The summed E-state index contributed by atoms with van der Waals surface area (Å²) in [4.78, 5) is 16.5. The van der Waals surface area contributed by atoms with Crippen molar-refractivity contribution in [3.8, 4) is 17.2 Å². The lowest BCUT2D eigenvalue weighted by molar-refractivity contribution is -0.127. The molecule has 1 unspecified atom stereocenters. The van der Waals surface area contributed by atoms with Gasteiger partial charge in [-0.2, -0.15) is 0 Å². The number of amides is 1. The minimum absolute atomic E-state index is 0.0443. The Kier molecular flexibility index (Phi) is 5.09. The van der Waals surface area contributed by atoms with E-state index < -0.39 is 11.9 Å². The summed E-state index contributed by atoms with van der Waals surface area (Å²) in [6, 6.07) is 13.2. The summed E-state index contributed by atoms with van der Waals surface area (Å²) in [5.41, 5.74) is 1.47. The minimum atomic E-state index is -0.833. The Bertz CT molecular complexity index is 849. The molecule has 6 heteroatoms. The predicted octanol–water partition coefficient (Wildman–Crippen LogP) is 3.56. The van der Waals surface area contributed by atoms with Crippen molar-refractivity contribution in [2.24, 2.45) is 0 Å². The molecule has 0 aliphatic rings. The number of nitrogens with zero attached hydrogens (tertiary/aromatic N) is 1. The fourth-order valence-corrected chi connectivity index (χ4v) is 2.33. The Hall–Kier alpha value is -3.15. The van der Waals surface area contributed by atoms with E-state index in [2.05, 4.69) is 10.3 Å². The zero-order chi connectivity index (χ0) is 17.6. The fraction of sp³-hybridized carbons (Fsp3) is 0.158. The van der Waals surface area contributed by atoms with Crippen molar-refractivity contribution in [2.75, 3.05) is 0 Å². The average Bonchev–Trinajstić information content (AvgIpc) is 3.16. The number of furan rings is 1. The number of halogens is 1. The van der Waals surface area contributed by atoms with Gasteiger partial charge in [-0.05, 0) is 37.3 Å². The smallest absolute Gasteiger partial charge is 0.261 e. The monoisotopic (exact) mass is 340 g/mol. The molecule has 1 aromatic carbocycles. The van der Waals surface area contributed by atoms with Crippen molar-refractivity contribution in [3.63, 3.8) is 0 Å². The molecule has 3 rings (SSSR count). The topological polar surface area (TPSA) is 64.4 Å². The van der Waals surface area contributed by atoms with Gasteiger partial charge in [0.25, 0.3) is 5.91 Å². The molecule has 0 spiro atoms. The van der Waals surface area contributed by atoms with Crippen LogP contribution in [0.5, 0.6) is 5.75 Å². The highest BCUT2D eigenvalue weighted by Gasteiger charge is 2.17. The van der Waals surface area contributed by atoms with Crippen LogP contribution < -0.4 is 10.1 Å². The molecule has 0 saturated carbocycles. The van der Waals surface area contributed by atoms with Gasteiger partial charge in [0.15, 0.2) is 23.4 Å². The summed E-state index contributed by atoms with van der Waals surface area (Å²) in [6.45, 7) is 1.83. The molecule has 2 aromatic heterocycles. The van der Waals surface area contributed by atoms with Gasteiger partial charge in [-0.1, -0.05) is 18.2 Å². The van der Waals surface area contributed by atoms with Crippen molar-refractivity contribution in [1.82, 2.24) is 10.3 Å². The second-order valence-corrected chi connectivity index (χ2v) is 5.40. The van der Waals surface area contributed by atoms with Crippen LogP contribution in [0.3, 0.4) is 0 Å². The maximum Gasteiger partial charge on any atom is 0.261 e. The first-order valence-electron chi connectivity index (χ1n) is 7.82. The van der Waals surface area contributed by atoms with Crippen LogP contribution in [0.25, 0.3) is 11.5 Å². The standard InChI is InChI=1S/C19H17FN2O3/c1-13(25-16-8-3-2-7-15(16)20)19(23)22-12-14-6-4-10-21-18(14)17-9-5-11-24-17/h2-11,13H,12H2,1H3,(H,22,23). The molecule has 2 heterocycles. The molecule has 1 N–H and O–H groups in total. The maximum atomic E-state index is 13.6. The average molecular weight is 340 g/mol. The zero-order valence-corrected chi connectivity index (χ0v) is 13.6. The van der Waals surface area contributed by atoms with E-state index in [9.17, 15) is 9.18 Å². The van der Waals surface area contributed by atoms with E-state index in [1.807, 2.05) is 6.07 Å². The van der Waals surface area contributed by atoms with E-state index in [1.54, 1.807) is 49.7 Å². The SMILES string of the molecule is CC(Oc1ccccc1F)C(=O)NCc1cccnc1-c1ccco1. The number of hydrogen-bond donors (Lipinski definition) is 1. The largest absolute Gasteiger partial charge is 0.478 e. The molecule has 0 bridgehead atoms. The van der Waals surface area contributed by atoms with E-state index in [0.29, 0.717) is 11.5 Å². The molecule has 5 nitrogen and oxygen atoms in total. The van der Waals surface area contributed by atoms with Crippen LogP contribution >= 0.6 is 0 Å². The third-order valence-electron chi connectivity index (χ3n) is 3.61. The van der Waals surface area contributed by atoms with Crippen LogP contribution in [-0.2, 0) is 11.3 Å². The number of para-hydroxylation sites is 1. The first kappa shape index (κ1) is 16.7. The first-order chi connectivity index (χ1) is 12.1. The molecule has 0 radical (unpaired) electrons. The lowest BCUT2D eigenvalue weighted by atomic mass is 10.1. The van der Waals surface area contributed by atoms with E-state index in [4.69, 9.17) is 9.15 Å². The third kappa shape index (κ3) is 4.03. The second-order valence-electron chi connectivity index (χ2n) is 5.40. The zero-order valence-electron chi connectivity index (χ0n) is 13.6. The Labute approximate surface area is 144 Å². The van der Waals surface area contributed by atoms with Gasteiger partial charge in [0, 0.05) is 18.3 Å². The minimum Gasteiger partial charge on any atom is -0.478 e. The summed E-state index contributed by atoms with van der Waals surface area (Å²) in [5, 5.41) is 2.77. The number of pyridine rings is 1. The second kappa shape index (κ2) is 7.61. The Morgan fingerprint density at radius 2 is 2.08 bits per heavy atom. The van der Waals surface area contributed by atoms with Gasteiger partial charge in [0.2, 0.25) is 0 Å². The molecule has 1 amide bonds. The normalized spacial score (nSPS) is 11.8. The highest BCUT2D eigenvalue weighted by atomic mass is 19.1. The number of carbonyl (C=O) groups is 1. The van der Waals surface area contributed by atoms with Gasteiger partial charge in [-0.15, -0.1) is 0 Å². The molecule has 1 atom stereocenters. The van der Waals surface area contributed by atoms with E-state index in [-0.39, 0.29) is 18.2 Å². The van der Waals surface area contributed by atoms with Crippen LogP contribution in [0.4, 0.5) is 4.39 Å².